The van der Waals surface area contributed by atoms with E-state index in [-0.39, 0.29) is 24.0 Å². The van der Waals surface area contributed by atoms with Gasteiger partial charge in [0.25, 0.3) is 0 Å². The molecule has 3 N–H and O–H groups in total. The number of carbonyl (C=O) groups excluding carboxylic acids is 1. The van der Waals surface area contributed by atoms with Gasteiger partial charge in [0.2, 0.25) is 5.91 Å². The van der Waals surface area contributed by atoms with Gasteiger partial charge in [0.1, 0.15) is 11.4 Å². The van der Waals surface area contributed by atoms with E-state index in [1.54, 1.807) is 6.07 Å². The summed E-state index contributed by atoms with van der Waals surface area (Å²) in [6, 6.07) is 4.45. The number of ether oxygens (including phenoxy) is 1. The van der Waals surface area contributed by atoms with E-state index in [4.69, 9.17) is 10.5 Å². The molecule has 1 aliphatic rings. The number of halogens is 3. The van der Waals surface area contributed by atoms with Gasteiger partial charge in [0.15, 0.2) is 0 Å². The Balaban J connectivity index is 0.00000180. The van der Waals surface area contributed by atoms with Crippen molar-refractivity contribution in [2.75, 3.05) is 18.5 Å². The molecule has 4 nitrogen and oxygen atoms in total. The zero-order valence-corrected chi connectivity index (χ0v) is 12.5. The van der Waals surface area contributed by atoms with Crippen LogP contribution in [0.1, 0.15) is 12.8 Å². The molecule has 1 fully saturated rings. The molecule has 2 rings (SSSR count). The fraction of sp³-hybridized carbons (Fsp3) is 0.417. The Kier molecular flexibility index (Phi) is 5.73. The van der Waals surface area contributed by atoms with Gasteiger partial charge in [-0.1, -0.05) is 15.9 Å². The molecule has 1 aliphatic heterocycles. The van der Waals surface area contributed by atoms with E-state index in [0.29, 0.717) is 30.5 Å². The fourth-order valence-electron chi connectivity index (χ4n) is 1.80. The number of hydrogen-bond donors (Lipinski definition) is 2. The number of nitrogens with two attached hydrogens (primary N) is 1. The molecule has 1 saturated heterocycles. The molecule has 1 amide bonds. The van der Waals surface area contributed by atoms with Crippen LogP contribution in [-0.2, 0) is 9.53 Å². The first-order valence-electron chi connectivity index (χ1n) is 5.64. The number of nitrogens with one attached hydrogen (secondary N) is 1. The summed E-state index contributed by atoms with van der Waals surface area (Å²) in [4.78, 5) is 12.1. The molecule has 0 radical (unpaired) electrons. The van der Waals surface area contributed by atoms with Crippen molar-refractivity contribution in [3.8, 4) is 0 Å². The highest BCUT2D eigenvalue weighted by atomic mass is 79.9. The summed E-state index contributed by atoms with van der Waals surface area (Å²) >= 11 is 3.16. The minimum absolute atomic E-state index is 0. The van der Waals surface area contributed by atoms with E-state index in [2.05, 4.69) is 21.2 Å². The predicted octanol–water partition coefficient (Wildman–Crippen LogP) is 2.46. The smallest absolute Gasteiger partial charge is 0.244 e. The average molecular weight is 354 g/mol. The lowest BCUT2D eigenvalue weighted by Crippen LogP contribution is -2.54. The maximum atomic E-state index is 13.6. The van der Waals surface area contributed by atoms with Crippen molar-refractivity contribution in [2.24, 2.45) is 5.73 Å². The van der Waals surface area contributed by atoms with Crippen molar-refractivity contribution in [1.82, 2.24) is 0 Å². The molecule has 19 heavy (non-hydrogen) atoms. The molecule has 7 heteroatoms. The Hall–Kier alpha value is -0.690. The molecule has 0 aliphatic carbocycles. The van der Waals surface area contributed by atoms with Crippen molar-refractivity contribution in [1.29, 1.82) is 0 Å². The van der Waals surface area contributed by atoms with Gasteiger partial charge in [-0.15, -0.1) is 12.4 Å². The summed E-state index contributed by atoms with van der Waals surface area (Å²) in [6.45, 7) is 0.902. The van der Waals surface area contributed by atoms with Crippen LogP contribution in [0, 0.1) is 5.82 Å². The van der Waals surface area contributed by atoms with Crippen LogP contribution in [0.4, 0.5) is 10.1 Å². The highest BCUT2D eigenvalue weighted by Crippen LogP contribution is 2.23. The maximum absolute atomic E-state index is 13.6. The van der Waals surface area contributed by atoms with Gasteiger partial charge in [-0.3, -0.25) is 4.79 Å². The summed E-state index contributed by atoms with van der Waals surface area (Å²) in [5.74, 6) is -0.861. The van der Waals surface area contributed by atoms with Crippen molar-refractivity contribution in [3.63, 3.8) is 0 Å². The van der Waals surface area contributed by atoms with Crippen molar-refractivity contribution in [2.45, 2.75) is 18.4 Å². The monoisotopic (exact) mass is 352 g/mol. The number of carbonyl (C=O) groups is 1. The third kappa shape index (κ3) is 3.89. The minimum atomic E-state index is -0.974. The summed E-state index contributed by atoms with van der Waals surface area (Å²) in [5.41, 5.74) is 5.17. The topological polar surface area (TPSA) is 64.4 Å². The van der Waals surface area contributed by atoms with E-state index >= 15 is 0 Å². The van der Waals surface area contributed by atoms with Crippen LogP contribution in [0.3, 0.4) is 0 Å². The van der Waals surface area contributed by atoms with Gasteiger partial charge in [0.05, 0.1) is 5.69 Å². The zero-order valence-electron chi connectivity index (χ0n) is 10.1. The van der Waals surface area contributed by atoms with Crippen LogP contribution >= 0.6 is 28.3 Å². The van der Waals surface area contributed by atoms with Crippen LogP contribution in [0.5, 0.6) is 0 Å². The van der Waals surface area contributed by atoms with Crippen LogP contribution in [0.2, 0.25) is 0 Å². The third-order valence-electron chi connectivity index (χ3n) is 3.02. The summed E-state index contributed by atoms with van der Waals surface area (Å²) < 4.78 is 19.4. The molecule has 0 atom stereocenters. The Morgan fingerprint density at radius 3 is 2.63 bits per heavy atom. The standard InChI is InChI=1S/C12H14BrFN2O2.ClH/c13-8-1-2-10(9(14)7-8)16-11(17)12(15)3-5-18-6-4-12;/h1-2,7H,3-6,15H2,(H,16,17);1H. The Morgan fingerprint density at radius 1 is 1.42 bits per heavy atom. The van der Waals surface area contributed by atoms with Gasteiger partial charge >= 0.3 is 0 Å². The maximum Gasteiger partial charge on any atom is 0.244 e. The number of rotatable bonds is 2. The second-order valence-electron chi connectivity index (χ2n) is 4.35. The van der Waals surface area contributed by atoms with E-state index in [1.807, 2.05) is 0 Å². The van der Waals surface area contributed by atoms with Gasteiger partial charge in [-0.2, -0.15) is 0 Å². The third-order valence-corrected chi connectivity index (χ3v) is 3.51. The van der Waals surface area contributed by atoms with Crippen molar-refractivity contribution in [3.05, 3.63) is 28.5 Å². The Morgan fingerprint density at radius 2 is 2.05 bits per heavy atom. The SMILES string of the molecule is Cl.NC1(C(=O)Nc2ccc(Br)cc2F)CCOCC1. The normalized spacial score (nSPS) is 17.4. The highest BCUT2D eigenvalue weighted by molar-refractivity contribution is 9.10. The van der Waals surface area contributed by atoms with Crippen molar-refractivity contribution >= 4 is 39.9 Å². The van der Waals surface area contributed by atoms with E-state index in [1.165, 1.54) is 12.1 Å². The summed E-state index contributed by atoms with van der Waals surface area (Å²) in [6.07, 6.45) is 0.883. The molecule has 106 valence electrons. The largest absolute Gasteiger partial charge is 0.381 e. The first kappa shape index (κ1) is 16.4. The minimum Gasteiger partial charge on any atom is -0.381 e. The van der Waals surface area contributed by atoms with Gasteiger partial charge in [-0.25, -0.2) is 4.39 Å². The number of benzene rings is 1. The molecule has 1 aromatic carbocycles. The van der Waals surface area contributed by atoms with Crippen LogP contribution in [0.15, 0.2) is 22.7 Å². The van der Waals surface area contributed by atoms with Crippen LogP contribution in [0.25, 0.3) is 0 Å². The summed E-state index contributed by atoms with van der Waals surface area (Å²) in [7, 11) is 0. The molecule has 0 unspecified atom stereocenters. The van der Waals surface area contributed by atoms with E-state index < -0.39 is 11.4 Å². The van der Waals surface area contributed by atoms with E-state index in [9.17, 15) is 9.18 Å². The lowest BCUT2D eigenvalue weighted by atomic mass is 9.90. The number of hydrogen-bond acceptors (Lipinski definition) is 3. The fourth-order valence-corrected chi connectivity index (χ4v) is 2.13. The van der Waals surface area contributed by atoms with Crippen LogP contribution < -0.4 is 11.1 Å². The van der Waals surface area contributed by atoms with E-state index in [0.717, 1.165) is 0 Å². The number of anilines is 1. The average Bonchev–Trinajstić information content (AvgIpc) is 2.33. The molecular formula is C12H15BrClFN2O2. The summed E-state index contributed by atoms with van der Waals surface area (Å²) in [5, 5.41) is 2.53. The first-order valence-corrected chi connectivity index (χ1v) is 6.44. The lowest BCUT2D eigenvalue weighted by Gasteiger charge is -2.31. The first-order chi connectivity index (χ1) is 8.51. The highest BCUT2D eigenvalue weighted by Gasteiger charge is 2.36. The molecule has 0 spiro atoms. The predicted molar refractivity (Wildman–Crippen MR) is 76.9 cm³/mol. The lowest BCUT2D eigenvalue weighted by molar-refractivity contribution is -0.124. The molecule has 0 saturated carbocycles. The van der Waals surface area contributed by atoms with Gasteiger partial charge in [0, 0.05) is 17.7 Å². The Bertz CT molecular complexity index is 467. The second-order valence-corrected chi connectivity index (χ2v) is 5.26. The van der Waals surface area contributed by atoms with Gasteiger partial charge < -0.3 is 15.8 Å². The molecule has 0 bridgehead atoms. The van der Waals surface area contributed by atoms with Crippen molar-refractivity contribution < 1.29 is 13.9 Å². The van der Waals surface area contributed by atoms with Crippen LogP contribution in [-0.4, -0.2) is 24.7 Å². The van der Waals surface area contributed by atoms with Gasteiger partial charge in [-0.05, 0) is 31.0 Å². The molecule has 1 heterocycles. The second kappa shape index (κ2) is 6.65. The Labute approximate surface area is 125 Å². The molecule has 1 aromatic rings. The molecular weight excluding hydrogens is 338 g/mol. The molecule has 0 aromatic heterocycles. The zero-order chi connectivity index (χ0) is 13.2. The number of amides is 1. The quantitative estimate of drug-likeness (QED) is 0.858.